The Labute approximate surface area is 474 Å². The number of carbonyl (C=O) groups is 2. The van der Waals surface area contributed by atoms with Crippen molar-refractivity contribution in [2.24, 2.45) is 80.8 Å². The Kier molecular flexibility index (Phi) is 22.8. The van der Waals surface area contributed by atoms with E-state index in [1.807, 2.05) is 55.5 Å². The zero-order valence-electron chi connectivity index (χ0n) is 46.6. The van der Waals surface area contributed by atoms with Crippen LogP contribution in [0.25, 0.3) is 0 Å². The molecule has 7 nitrogen and oxygen atoms in total. The van der Waals surface area contributed by atoms with E-state index in [0.717, 1.165) is 86.9 Å². The first-order valence-corrected chi connectivity index (χ1v) is 28.0. The van der Waals surface area contributed by atoms with E-state index in [9.17, 15) is 19.8 Å². The third-order valence-electron chi connectivity index (χ3n) is 22.1. The number of ketones is 1. The maximum atomic E-state index is 13.4. The predicted octanol–water partition coefficient (Wildman–Crippen LogP) is 14.9. The molecule has 0 aromatic heterocycles. The molecule has 0 unspecified atom stereocenters. The molecule has 410 valence electrons. The van der Waals surface area contributed by atoms with Crippen molar-refractivity contribution in [2.45, 2.75) is 202 Å². The standard InChI is InChI=1S/C28H40O2.C23H39NO3.C7H7.C4H8O.2CH4.BrH.Mg.H/c1-26(30)15-16-27(2)20(18-26)9-10-21-22-11-12-24(28(22,3)14-13-23(21)27)25(29)17-19-7-5-4-6-8-19;1-21(26)12-13-22(2)15(14-21)6-7-16-17-8-9-19(20(25)24(4)27-5)23(17,3)11-10-18(16)22;1-7-5-3-2-4-6-7;1-2-4-5-3-1;;;;;/h4-8,20-24,30H,9-18H2,1-3H3;15-19,26H,6-14H2,1-5H3;2-6H,1H2;1-4H2;2*1H4;1H;;/q;;-1;;;;;+2;-1/t20-,21+,22+,23+,24-,26-,27+,28+;15-,16+,17+,18+,19-,21-,22+,23+;;;;;;;/m11......./s1. The molecule has 73 heavy (non-hydrogen) atoms. The molecule has 1 heterocycles. The van der Waals surface area contributed by atoms with Crippen LogP contribution < -0.4 is 0 Å². The van der Waals surface area contributed by atoms with Crippen molar-refractivity contribution >= 4 is 51.7 Å². The molecule has 1 amide bonds. The minimum absolute atomic E-state index is 0. The number of ether oxygens (including phenoxy) is 1. The molecule has 11 rings (SSSR count). The van der Waals surface area contributed by atoms with Gasteiger partial charge in [-0.05, 0) is 217 Å². The van der Waals surface area contributed by atoms with Crippen LogP contribution in [-0.2, 0) is 25.6 Å². The molecule has 0 radical (unpaired) electrons. The number of benzene rings is 2. The largest absolute Gasteiger partial charge is 2.00 e. The van der Waals surface area contributed by atoms with E-state index < -0.39 is 11.2 Å². The Balaban J connectivity index is 0.000000302. The van der Waals surface area contributed by atoms with Gasteiger partial charge in [-0.2, -0.15) is 24.6 Å². The number of Topliss-reactive ketones (excluding diaryl/α,β-unsaturated/α-hetero) is 1. The normalized spacial score (nSPS) is 41.3. The predicted molar refractivity (Wildman–Crippen MR) is 308 cm³/mol. The van der Waals surface area contributed by atoms with Crippen LogP contribution >= 0.6 is 17.0 Å². The Morgan fingerprint density at radius 1 is 0.616 bits per heavy atom. The third kappa shape index (κ3) is 13.4. The molecule has 1 saturated heterocycles. The number of hydroxylamine groups is 2. The molecule has 9 aliphatic rings. The second kappa shape index (κ2) is 26.0. The van der Waals surface area contributed by atoms with E-state index in [-0.39, 0.29) is 84.9 Å². The molecule has 9 heteroatoms. The fourth-order valence-corrected chi connectivity index (χ4v) is 18.0. The van der Waals surface area contributed by atoms with E-state index in [2.05, 4.69) is 53.7 Å². The molecular weight excluding hydrogens is 983 g/mol. The molecule has 0 bridgehead atoms. The number of nitrogens with zero attached hydrogens (tertiary/aromatic N) is 1. The zero-order valence-corrected chi connectivity index (χ0v) is 48.7. The summed E-state index contributed by atoms with van der Waals surface area (Å²) < 4.78 is 4.94. The molecular formula is C64H104BrMgNO6. The maximum Gasteiger partial charge on any atom is 2.00 e. The number of aliphatic hydroxyl groups is 2. The molecule has 1 aliphatic heterocycles. The summed E-state index contributed by atoms with van der Waals surface area (Å²) in [6, 6.07) is 20.2. The van der Waals surface area contributed by atoms with Crippen LogP contribution in [0.5, 0.6) is 0 Å². The van der Waals surface area contributed by atoms with Crippen LogP contribution in [0, 0.1) is 87.8 Å². The summed E-state index contributed by atoms with van der Waals surface area (Å²) in [5.74, 6) is 6.92. The number of fused-ring (bicyclic) bond motifs is 10. The molecule has 8 saturated carbocycles. The van der Waals surface area contributed by atoms with E-state index >= 15 is 0 Å². The molecule has 2 aromatic rings. The van der Waals surface area contributed by atoms with Gasteiger partial charge in [0, 0.05) is 38.5 Å². The van der Waals surface area contributed by atoms with Crippen LogP contribution in [0.1, 0.15) is 197 Å². The third-order valence-corrected chi connectivity index (χ3v) is 22.1. The average molecular weight is 1090 g/mol. The zero-order chi connectivity index (χ0) is 49.4. The summed E-state index contributed by atoms with van der Waals surface area (Å²) >= 11 is 0. The van der Waals surface area contributed by atoms with Crippen molar-refractivity contribution in [2.75, 3.05) is 27.4 Å². The van der Waals surface area contributed by atoms with Crippen LogP contribution in [-0.4, -0.2) is 88.6 Å². The summed E-state index contributed by atoms with van der Waals surface area (Å²) in [4.78, 5) is 31.5. The second-order valence-electron chi connectivity index (χ2n) is 26.0. The summed E-state index contributed by atoms with van der Waals surface area (Å²) in [6.07, 6.45) is 24.1. The summed E-state index contributed by atoms with van der Waals surface area (Å²) in [6.45, 7) is 19.8. The minimum atomic E-state index is -0.462. The summed E-state index contributed by atoms with van der Waals surface area (Å²) in [5, 5.41) is 22.8. The number of halogens is 1. The number of hydrogen-bond donors (Lipinski definition) is 2. The number of hydrogen-bond acceptors (Lipinski definition) is 6. The van der Waals surface area contributed by atoms with Crippen LogP contribution in [0.2, 0.25) is 0 Å². The maximum absolute atomic E-state index is 13.4. The number of carbonyl (C=O) groups excluding carboxylic acids is 2. The van der Waals surface area contributed by atoms with Crippen LogP contribution in [0.15, 0.2) is 60.7 Å². The van der Waals surface area contributed by atoms with Gasteiger partial charge in [-0.3, -0.25) is 14.4 Å². The Bertz CT molecular complexity index is 2030. The molecule has 2 N–H and O–H groups in total. The first-order valence-electron chi connectivity index (χ1n) is 28.0. The number of amides is 1. The SMILES string of the molecule is Br.C.C.C1CCOC1.CON(C)C(=O)[C@H]1CC[C@H]2[C@@H]3CC[C@@H]4C[C@](C)(O)CC[C@]4(C)[C@H]3CC[C@]12C.C[C@@]1(O)CC[C@@]2(C)[C@H](CC[C@@H]3[C@@H]2CC[C@]2(C)[C@@H](C(=O)Cc4ccccc4)CC[C@@H]32)C1.[CH2-]c1ccccc1.[H-].[Mg+2]. The number of rotatable bonds is 5. The van der Waals surface area contributed by atoms with Crippen molar-refractivity contribution in [3.05, 3.63) is 78.7 Å². The van der Waals surface area contributed by atoms with Gasteiger partial charge in [0.2, 0.25) is 5.91 Å². The van der Waals surface area contributed by atoms with Crippen LogP contribution in [0.4, 0.5) is 0 Å². The smallest absolute Gasteiger partial charge is 1.00 e. The van der Waals surface area contributed by atoms with Gasteiger partial charge in [-0.25, -0.2) is 5.06 Å². The van der Waals surface area contributed by atoms with Gasteiger partial charge in [0.05, 0.1) is 18.3 Å². The van der Waals surface area contributed by atoms with Crippen molar-refractivity contribution in [3.63, 3.8) is 0 Å². The van der Waals surface area contributed by atoms with Crippen molar-refractivity contribution < 1.29 is 30.8 Å². The Morgan fingerprint density at radius 3 is 1.45 bits per heavy atom. The monoisotopic (exact) mass is 1090 g/mol. The van der Waals surface area contributed by atoms with Gasteiger partial charge in [-0.15, -0.1) is 29.1 Å². The van der Waals surface area contributed by atoms with Gasteiger partial charge < -0.3 is 16.4 Å². The summed E-state index contributed by atoms with van der Waals surface area (Å²) in [7, 11) is 3.34. The van der Waals surface area contributed by atoms with Gasteiger partial charge >= 0.3 is 23.1 Å². The van der Waals surface area contributed by atoms with Crippen molar-refractivity contribution in [3.8, 4) is 0 Å². The van der Waals surface area contributed by atoms with E-state index in [1.165, 1.54) is 101 Å². The molecule has 9 fully saturated rings. The first-order chi connectivity index (χ1) is 32.7. The fraction of sp³-hybridized carbons (Fsp3) is 0.766. The Morgan fingerprint density at radius 2 is 1.04 bits per heavy atom. The van der Waals surface area contributed by atoms with E-state index in [1.54, 1.807) is 14.2 Å². The molecule has 0 spiro atoms. The quantitative estimate of drug-likeness (QED) is 0.176. The first kappa shape index (κ1) is 64.1. The van der Waals surface area contributed by atoms with Crippen LogP contribution in [0.3, 0.4) is 0 Å². The van der Waals surface area contributed by atoms with Crippen molar-refractivity contribution in [1.29, 1.82) is 0 Å². The summed E-state index contributed by atoms with van der Waals surface area (Å²) in [5.41, 5.74) is 2.45. The minimum Gasteiger partial charge on any atom is -1.00 e. The van der Waals surface area contributed by atoms with E-state index in [4.69, 9.17) is 9.57 Å². The molecule has 8 aliphatic carbocycles. The van der Waals surface area contributed by atoms with Crippen molar-refractivity contribution in [1.82, 2.24) is 5.06 Å². The topological polar surface area (TPSA) is 96.3 Å². The molecule has 16 atom stereocenters. The molecule has 2 aromatic carbocycles. The van der Waals surface area contributed by atoms with Gasteiger partial charge in [-0.1, -0.05) is 78.9 Å². The average Bonchev–Trinajstić information content (AvgIpc) is 4.10. The van der Waals surface area contributed by atoms with Gasteiger partial charge in [0.15, 0.2) is 0 Å². The van der Waals surface area contributed by atoms with E-state index in [0.29, 0.717) is 40.8 Å². The fourth-order valence-electron chi connectivity index (χ4n) is 18.0. The second-order valence-corrected chi connectivity index (χ2v) is 26.0. The van der Waals surface area contributed by atoms with Gasteiger partial charge in [0.1, 0.15) is 5.78 Å². The van der Waals surface area contributed by atoms with Gasteiger partial charge in [0.25, 0.3) is 0 Å². The Hall–Kier alpha value is -1.46.